The summed E-state index contributed by atoms with van der Waals surface area (Å²) in [4.78, 5) is 25.8. The first kappa shape index (κ1) is 16.2. The minimum Gasteiger partial charge on any atom is -0.448 e. The molecular weight excluding hydrogens is 322 g/mol. The summed E-state index contributed by atoms with van der Waals surface area (Å²) in [5.41, 5.74) is 0.675. The van der Waals surface area contributed by atoms with Crippen molar-refractivity contribution < 1.29 is 14.3 Å². The van der Waals surface area contributed by atoms with E-state index in [2.05, 4.69) is 5.32 Å². The zero-order valence-corrected chi connectivity index (χ0v) is 14.2. The number of anilines is 1. The van der Waals surface area contributed by atoms with Crippen LogP contribution in [0.25, 0.3) is 10.8 Å². The molecule has 0 fully saturated rings. The van der Waals surface area contributed by atoms with Crippen LogP contribution >= 0.6 is 11.3 Å². The third-order valence-corrected chi connectivity index (χ3v) is 4.59. The van der Waals surface area contributed by atoms with Gasteiger partial charge in [0.05, 0.1) is 0 Å². The molecule has 1 N–H and O–H groups in total. The molecule has 122 valence electrons. The fourth-order valence-electron chi connectivity index (χ4n) is 2.33. The van der Waals surface area contributed by atoms with E-state index >= 15 is 0 Å². The number of rotatable bonds is 4. The van der Waals surface area contributed by atoms with Gasteiger partial charge in [-0.15, -0.1) is 11.3 Å². The van der Waals surface area contributed by atoms with Gasteiger partial charge in [0, 0.05) is 10.6 Å². The number of hydrogen-bond acceptors (Lipinski definition) is 4. The summed E-state index contributed by atoms with van der Waals surface area (Å²) < 4.78 is 5.23. The Labute approximate surface area is 144 Å². The van der Waals surface area contributed by atoms with E-state index in [1.807, 2.05) is 55.5 Å². The summed E-state index contributed by atoms with van der Waals surface area (Å²) in [7, 11) is 0. The molecule has 0 unspecified atom stereocenters. The van der Waals surface area contributed by atoms with Crippen molar-refractivity contribution in [1.82, 2.24) is 0 Å². The molecule has 2 aromatic carbocycles. The minimum absolute atomic E-state index is 0.355. The van der Waals surface area contributed by atoms with E-state index in [1.165, 1.54) is 11.3 Å². The lowest BCUT2D eigenvalue weighted by molar-refractivity contribution is -0.123. The normalized spacial score (nSPS) is 11.9. The third kappa shape index (κ3) is 3.63. The molecule has 3 aromatic rings. The Kier molecular flexibility index (Phi) is 4.62. The number of nitrogens with one attached hydrogen (secondary N) is 1. The zero-order chi connectivity index (χ0) is 17.1. The molecule has 0 saturated carbocycles. The van der Waals surface area contributed by atoms with Gasteiger partial charge in [-0.25, -0.2) is 4.79 Å². The topological polar surface area (TPSA) is 55.4 Å². The van der Waals surface area contributed by atoms with Crippen LogP contribution in [0.4, 0.5) is 5.69 Å². The van der Waals surface area contributed by atoms with Crippen LogP contribution in [0.3, 0.4) is 0 Å². The predicted molar refractivity (Wildman–Crippen MR) is 96.5 cm³/mol. The largest absolute Gasteiger partial charge is 0.448 e. The Hall–Kier alpha value is -2.66. The number of esters is 1. The number of thiophene rings is 1. The monoisotopic (exact) mass is 339 g/mol. The zero-order valence-electron chi connectivity index (χ0n) is 13.4. The van der Waals surface area contributed by atoms with Crippen molar-refractivity contribution in [1.29, 1.82) is 0 Å². The van der Waals surface area contributed by atoms with Crippen LogP contribution in [0, 0.1) is 6.92 Å². The number of benzene rings is 2. The molecule has 0 spiro atoms. The van der Waals surface area contributed by atoms with Crippen molar-refractivity contribution in [2.24, 2.45) is 0 Å². The summed E-state index contributed by atoms with van der Waals surface area (Å²) in [5, 5.41) is 4.92. The van der Waals surface area contributed by atoms with Gasteiger partial charge in [0.1, 0.15) is 4.88 Å². The van der Waals surface area contributed by atoms with Gasteiger partial charge in [0.25, 0.3) is 5.91 Å². The molecule has 3 rings (SSSR count). The Morgan fingerprint density at radius 3 is 2.50 bits per heavy atom. The first-order chi connectivity index (χ1) is 11.5. The lowest BCUT2D eigenvalue weighted by atomic mass is 10.1. The molecule has 0 aliphatic rings. The number of carbonyl (C=O) groups excluding carboxylic acids is 2. The summed E-state index contributed by atoms with van der Waals surface area (Å²) >= 11 is 1.35. The highest BCUT2D eigenvalue weighted by atomic mass is 32.1. The number of aryl methyl sites for hydroxylation is 1. The average molecular weight is 339 g/mol. The molecule has 1 aromatic heterocycles. The minimum atomic E-state index is -0.869. The van der Waals surface area contributed by atoms with E-state index in [-0.39, 0.29) is 5.91 Å². The predicted octanol–water partition coefficient (Wildman–Crippen LogP) is 4.39. The van der Waals surface area contributed by atoms with Crippen molar-refractivity contribution >= 4 is 39.7 Å². The van der Waals surface area contributed by atoms with E-state index < -0.39 is 12.1 Å². The van der Waals surface area contributed by atoms with Crippen LogP contribution < -0.4 is 5.32 Å². The molecule has 0 bridgehead atoms. The second-order valence-electron chi connectivity index (χ2n) is 5.51. The number of hydrogen-bond donors (Lipinski definition) is 1. The highest BCUT2D eigenvalue weighted by Crippen LogP contribution is 2.20. The van der Waals surface area contributed by atoms with Gasteiger partial charge in [0.2, 0.25) is 0 Å². The molecular formula is C19H17NO3S. The summed E-state index contributed by atoms with van der Waals surface area (Å²) in [5.74, 6) is -0.832. The van der Waals surface area contributed by atoms with Crippen molar-refractivity contribution in [3.05, 3.63) is 64.4 Å². The van der Waals surface area contributed by atoms with Gasteiger partial charge in [0.15, 0.2) is 6.10 Å². The highest BCUT2D eigenvalue weighted by molar-refractivity contribution is 7.13. The van der Waals surface area contributed by atoms with Gasteiger partial charge in [-0.3, -0.25) is 4.79 Å². The lowest BCUT2D eigenvalue weighted by Crippen LogP contribution is -2.29. The van der Waals surface area contributed by atoms with E-state index in [4.69, 9.17) is 4.74 Å². The molecule has 0 aliphatic carbocycles. The third-order valence-electron chi connectivity index (χ3n) is 3.61. The second-order valence-corrected chi connectivity index (χ2v) is 6.80. The molecule has 5 heteroatoms. The van der Waals surface area contributed by atoms with E-state index in [0.717, 1.165) is 15.6 Å². The van der Waals surface area contributed by atoms with Gasteiger partial charge in [-0.05, 0) is 48.9 Å². The average Bonchev–Trinajstić information content (AvgIpc) is 3.01. The Balaban J connectivity index is 1.65. The lowest BCUT2D eigenvalue weighted by Gasteiger charge is -2.13. The van der Waals surface area contributed by atoms with Crippen molar-refractivity contribution in [2.75, 3.05) is 5.32 Å². The van der Waals surface area contributed by atoms with Crippen LogP contribution in [0.15, 0.2) is 54.6 Å². The van der Waals surface area contributed by atoms with E-state index in [1.54, 1.807) is 13.0 Å². The SMILES string of the molecule is Cc1ccc(C(=O)O[C@H](C)C(=O)Nc2ccc3ccccc3c2)s1. The summed E-state index contributed by atoms with van der Waals surface area (Å²) in [6, 6.07) is 17.1. The van der Waals surface area contributed by atoms with Crippen LogP contribution in [-0.2, 0) is 9.53 Å². The number of amides is 1. The van der Waals surface area contributed by atoms with Crippen LogP contribution in [-0.4, -0.2) is 18.0 Å². The molecule has 24 heavy (non-hydrogen) atoms. The highest BCUT2D eigenvalue weighted by Gasteiger charge is 2.20. The summed E-state index contributed by atoms with van der Waals surface area (Å²) in [6.45, 7) is 3.48. The maximum absolute atomic E-state index is 12.2. The molecule has 4 nitrogen and oxygen atoms in total. The molecule has 0 aliphatic heterocycles. The summed E-state index contributed by atoms with van der Waals surface area (Å²) in [6.07, 6.45) is -0.869. The Morgan fingerprint density at radius 2 is 1.79 bits per heavy atom. The van der Waals surface area contributed by atoms with Crippen molar-refractivity contribution in [3.8, 4) is 0 Å². The van der Waals surface area contributed by atoms with Gasteiger partial charge in [-0.2, -0.15) is 0 Å². The number of ether oxygens (including phenoxy) is 1. The maximum Gasteiger partial charge on any atom is 0.349 e. The van der Waals surface area contributed by atoms with Gasteiger partial charge in [-0.1, -0.05) is 30.3 Å². The van der Waals surface area contributed by atoms with Crippen molar-refractivity contribution in [3.63, 3.8) is 0 Å². The molecule has 0 saturated heterocycles. The van der Waals surface area contributed by atoms with Gasteiger partial charge < -0.3 is 10.1 Å². The maximum atomic E-state index is 12.2. The van der Waals surface area contributed by atoms with E-state index in [9.17, 15) is 9.59 Å². The second kappa shape index (κ2) is 6.84. The van der Waals surface area contributed by atoms with Crippen LogP contribution in [0.5, 0.6) is 0 Å². The fraction of sp³-hybridized carbons (Fsp3) is 0.158. The van der Waals surface area contributed by atoms with E-state index in [0.29, 0.717) is 10.6 Å². The first-order valence-electron chi connectivity index (χ1n) is 7.60. The Bertz CT molecular complexity index is 900. The quantitative estimate of drug-likeness (QED) is 0.717. The molecule has 1 amide bonds. The van der Waals surface area contributed by atoms with Gasteiger partial charge >= 0.3 is 5.97 Å². The Morgan fingerprint density at radius 1 is 1.04 bits per heavy atom. The molecule has 1 atom stereocenters. The number of carbonyl (C=O) groups is 2. The van der Waals surface area contributed by atoms with Crippen LogP contribution in [0.1, 0.15) is 21.5 Å². The van der Waals surface area contributed by atoms with Crippen molar-refractivity contribution in [2.45, 2.75) is 20.0 Å². The first-order valence-corrected chi connectivity index (χ1v) is 8.41. The van der Waals surface area contributed by atoms with Crippen LogP contribution in [0.2, 0.25) is 0 Å². The molecule has 0 radical (unpaired) electrons. The fourth-order valence-corrected chi connectivity index (χ4v) is 3.08. The number of fused-ring (bicyclic) bond motifs is 1. The molecule has 1 heterocycles. The standard InChI is InChI=1S/C19H17NO3S/c1-12-7-10-17(24-12)19(22)23-13(2)18(21)20-16-9-8-14-5-3-4-6-15(14)11-16/h3-11,13H,1-2H3,(H,20,21)/t13-/m1/s1. The smallest absolute Gasteiger partial charge is 0.349 e.